The van der Waals surface area contributed by atoms with Gasteiger partial charge in [0.2, 0.25) is 5.91 Å². The Morgan fingerprint density at radius 3 is 2.27 bits per heavy atom. The Hall–Kier alpha value is -2.80. The first-order valence-corrected chi connectivity index (χ1v) is 10.8. The maximum absolute atomic E-state index is 11.6. The van der Waals surface area contributed by atoms with Gasteiger partial charge in [-0.05, 0) is 49.1 Å². The molecule has 7 heteroatoms. The van der Waals surface area contributed by atoms with Gasteiger partial charge >= 0.3 is 0 Å². The molecule has 0 saturated heterocycles. The lowest BCUT2D eigenvalue weighted by atomic mass is 9.87. The Bertz CT molecular complexity index is 1010. The second-order valence-electron chi connectivity index (χ2n) is 8.06. The van der Waals surface area contributed by atoms with Crippen LogP contribution in [0.2, 0.25) is 0 Å². The van der Waals surface area contributed by atoms with E-state index in [4.69, 9.17) is 10.5 Å². The van der Waals surface area contributed by atoms with Crippen molar-refractivity contribution >= 4 is 17.7 Å². The van der Waals surface area contributed by atoms with Crippen molar-refractivity contribution in [3.05, 3.63) is 54.1 Å². The maximum Gasteiger partial charge on any atom is 0.230 e. The molecule has 0 spiro atoms. The molecule has 0 fully saturated rings. The molecule has 0 bridgehead atoms. The first-order chi connectivity index (χ1) is 14.2. The van der Waals surface area contributed by atoms with Gasteiger partial charge in [-0.3, -0.25) is 9.36 Å². The number of aromatic nitrogens is 3. The normalized spacial score (nSPS) is 12.6. The van der Waals surface area contributed by atoms with Crippen LogP contribution in [0.3, 0.4) is 0 Å². The predicted octanol–water partition coefficient (Wildman–Crippen LogP) is 4.60. The first-order valence-electron chi connectivity index (χ1n) is 9.96. The number of benzene rings is 2. The molecule has 0 saturated carbocycles. The van der Waals surface area contributed by atoms with Crippen LogP contribution < -0.4 is 10.5 Å². The fourth-order valence-corrected chi connectivity index (χ4v) is 3.78. The lowest BCUT2D eigenvalue weighted by Crippen LogP contribution is -2.23. The van der Waals surface area contributed by atoms with Crippen LogP contribution in [0.5, 0.6) is 5.75 Å². The summed E-state index contributed by atoms with van der Waals surface area (Å²) in [5.74, 6) is 1.11. The summed E-state index contributed by atoms with van der Waals surface area (Å²) in [6.07, 6.45) is 0. The molecule has 1 atom stereocenters. The number of carbonyl (C=O) groups excluding carboxylic acids is 1. The van der Waals surface area contributed by atoms with Crippen LogP contribution in [0.15, 0.2) is 53.7 Å². The second kappa shape index (κ2) is 8.92. The largest absolute Gasteiger partial charge is 0.494 e. The summed E-state index contributed by atoms with van der Waals surface area (Å²) in [5, 5.41) is 8.98. The Balaban J connectivity index is 2.07. The average molecular weight is 425 g/mol. The minimum absolute atomic E-state index is 0.0687. The summed E-state index contributed by atoms with van der Waals surface area (Å²) in [7, 11) is 0. The predicted molar refractivity (Wildman–Crippen MR) is 121 cm³/mol. The van der Waals surface area contributed by atoms with Crippen molar-refractivity contribution in [1.82, 2.24) is 14.8 Å². The van der Waals surface area contributed by atoms with Crippen molar-refractivity contribution < 1.29 is 9.53 Å². The number of hydrogen-bond acceptors (Lipinski definition) is 5. The molecule has 3 rings (SSSR count). The molecule has 0 aliphatic rings. The van der Waals surface area contributed by atoms with Gasteiger partial charge in [-0.15, -0.1) is 10.2 Å². The van der Waals surface area contributed by atoms with E-state index in [1.165, 1.54) is 17.3 Å². The molecule has 0 radical (unpaired) electrons. The fourth-order valence-electron chi connectivity index (χ4n) is 2.96. The van der Waals surface area contributed by atoms with Crippen LogP contribution in [0.1, 0.15) is 40.2 Å². The lowest BCUT2D eigenvalue weighted by molar-refractivity contribution is -0.117. The molecule has 2 aromatic carbocycles. The van der Waals surface area contributed by atoms with E-state index in [-0.39, 0.29) is 5.41 Å². The highest BCUT2D eigenvalue weighted by atomic mass is 32.2. The molecule has 1 amide bonds. The summed E-state index contributed by atoms with van der Waals surface area (Å²) in [6, 6.07) is 16.1. The fraction of sp³-hybridized carbons (Fsp3) is 0.348. The molecule has 0 unspecified atom stereocenters. The first kappa shape index (κ1) is 21.9. The van der Waals surface area contributed by atoms with Gasteiger partial charge in [0.1, 0.15) is 5.75 Å². The van der Waals surface area contributed by atoms with Gasteiger partial charge < -0.3 is 10.5 Å². The minimum atomic E-state index is -0.424. The molecule has 0 aliphatic heterocycles. The van der Waals surface area contributed by atoms with Crippen LogP contribution in [-0.4, -0.2) is 32.5 Å². The number of nitrogens with two attached hydrogens (primary N) is 1. The Labute approximate surface area is 181 Å². The number of thioether (sulfide) groups is 1. The van der Waals surface area contributed by atoms with Crippen LogP contribution in [0.25, 0.3) is 17.1 Å². The van der Waals surface area contributed by atoms with E-state index in [2.05, 4.69) is 55.2 Å². The number of ether oxygens (including phenoxy) is 1. The highest BCUT2D eigenvalue weighted by Gasteiger charge is 2.21. The molecule has 158 valence electrons. The van der Waals surface area contributed by atoms with E-state index in [1.807, 2.05) is 35.8 Å². The van der Waals surface area contributed by atoms with Crippen LogP contribution >= 0.6 is 11.8 Å². The number of hydrogen-bond donors (Lipinski definition) is 1. The van der Waals surface area contributed by atoms with Crippen LogP contribution in [-0.2, 0) is 10.2 Å². The maximum atomic E-state index is 11.6. The number of rotatable bonds is 7. The third kappa shape index (κ3) is 4.84. The lowest BCUT2D eigenvalue weighted by Gasteiger charge is -2.19. The molecule has 6 nitrogen and oxygen atoms in total. The van der Waals surface area contributed by atoms with E-state index in [1.54, 1.807) is 6.92 Å². The number of carbonyl (C=O) groups is 1. The molecule has 2 N–H and O–H groups in total. The van der Waals surface area contributed by atoms with Gasteiger partial charge in [0.15, 0.2) is 11.0 Å². The third-order valence-electron chi connectivity index (χ3n) is 4.73. The van der Waals surface area contributed by atoms with Crippen molar-refractivity contribution in [1.29, 1.82) is 0 Å². The van der Waals surface area contributed by atoms with Crippen molar-refractivity contribution in [2.45, 2.75) is 50.4 Å². The summed E-state index contributed by atoms with van der Waals surface area (Å²) >= 11 is 1.29. The van der Waals surface area contributed by atoms with Crippen LogP contribution in [0.4, 0.5) is 0 Å². The molecular weight excluding hydrogens is 396 g/mol. The molecule has 1 aromatic heterocycles. The van der Waals surface area contributed by atoms with E-state index in [0.717, 1.165) is 17.0 Å². The standard InChI is InChI=1S/C23H28N4O2S/c1-6-29-19-13-11-18(12-14-19)27-21(25-26-22(27)30-15(2)20(24)28)16-7-9-17(10-8-16)23(3,4)5/h7-15H,6H2,1-5H3,(H2,24,28)/t15-/m0/s1. The number of amides is 1. The number of primary amides is 1. The van der Waals surface area contributed by atoms with E-state index in [9.17, 15) is 4.79 Å². The zero-order valence-corrected chi connectivity index (χ0v) is 18.9. The minimum Gasteiger partial charge on any atom is -0.494 e. The molecule has 3 aromatic rings. The molecular formula is C23H28N4O2S. The van der Waals surface area contributed by atoms with Gasteiger partial charge in [-0.25, -0.2) is 0 Å². The van der Waals surface area contributed by atoms with Gasteiger partial charge in [0.25, 0.3) is 0 Å². The summed E-state index contributed by atoms with van der Waals surface area (Å²) in [5.41, 5.74) is 8.62. The molecule has 0 aliphatic carbocycles. The van der Waals surface area contributed by atoms with Gasteiger partial charge in [-0.1, -0.05) is 56.8 Å². The van der Waals surface area contributed by atoms with Crippen molar-refractivity contribution in [2.24, 2.45) is 5.73 Å². The van der Waals surface area contributed by atoms with Gasteiger partial charge in [0, 0.05) is 11.3 Å². The Kier molecular flexibility index (Phi) is 6.51. The summed E-state index contributed by atoms with van der Waals surface area (Å²) in [4.78, 5) is 11.6. The highest BCUT2D eigenvalue weighted by Crippen LogP contribution is 2.32. The van der Waals surface area contributed by atoms with E-state index >= 15 is 0 Å². The summed E-state index contributed by atoms with van der Waals surface area (Å²) < 4.78 is 7.51. The monoisotopic (exact) mass is 424 g/mol. The van der Waals surface area contributed by atoms with Crippen molar-refractivity contribution in [3.8, 4) is 22.8 Å². The Morgan fingerprint density at radius 1 is 1.10 bits per heavy atom. The quantitative estimate of drug-likeness (QED) is 0.561. The Morgan fingerprint density at radius 2 is 1.73 bits per heavy atom. The zero-order chi connectivity index (χ0) is 21.9. The highest BCUT2D eigenvalue weighted by molar-refractivity contribution is 8.00. The molecule has 1 heterocycles. The van der Waals surface area contributed by atoms with Gasteiger partial charge in [0.05, 0.1) is 11.9 Å². The number of nitrogens with zero attached hydrogens (tertiary/aromatic N) is 3. The average Bonchev–Trinajstić information content (AvgIpc) is 3.11. The SMILES string of the molecule is CCOc1ccc(-n2c(S[C@@H](C)C(N)=O)nnc2-c2ccc(C(C)(C)C)cc2)cc1. The third-order valence-corrected chi connectivity index (χ3v) is 5.79. The van der Waals surface area contributed by atoms with Crippen molar-refractivity contribution in [2.75, 3.05) is 6.61 Å². The molecule has 30 heavy (non-hydrogen) atoms. The second-order valence-corrected chi connectivity index (χ2v) is 9.37. The van der Waals surface area contributed by atoms with E-state index < -0.39 is 11.2 Å². The van der Waals surface area contributed by atoms with Gasteiger partial charge in [-0.2, -0.15) is 0 Å². The smallest absolute Gasteiger partial charge is 0.230 e. The van der Waals surface area contributed by atoms with Crippen LogP contribution in [0, 0.1) is 0 Å². The van der Waals surface area contributed by atoms with Crippen molar-refractivity contribution in [3.63, 3.8) is 0 Å². The topological polar surface area (TPSA) is 83.0 Å². The van der Waals surface area contributed by atoms with E-state index in [0.29, 0.717) is 17.6 Å². The summed E-state index contributed by atoms with van der Waals surface area (Å²) in [6.45, 7) is 10.9. The zero-order valence-electron chi connectivity index (χ0n) is 18.0.